The van der Waals surface area contributed by atoms with Crippen molar-refractivity contribution in [2.45, 2.75) is 32.7 Å². The van der Waals surface area contributed by atoms with Gasteiger partial charge in [-0.25, -0.2) is 17.9 Å². The van der Waals surface area contributed by atoms with Crippen LogP contribution in [0.2, 0.25) is 0 Å². The zero-order valence-electron chi connectivity index (χ0n) is 10.3. The van der Waals surface area contributed by atoms with Gasteiger partial charge in [0, 0.05) is 18.6 Å². The van der Waals surface area contributed by atoms with Crippen molar-refractivity contribution in [3.63, 3.8) is 0 Å². The number of rotatable bonds is 6. The third kappa shape index (κ3) is 8.49. The number of amides is 2. The second kappa shape index (κ2) is 6.05. The Labute approximate surface area is 97.2 Å². The van der Waals surface area contributed by atoms with E-state index in [9.17, 15) is 13.2 Å². The lowest BCUT2D eigenvalue weighted by molar-refractivity contribution is 0.237. The molecule has 0 aliphatic heterocycles. The lowest BCUT2D eigenvalue weighted by Gasteiger charge is -2.25. The SMILES string of the molecule is CCCNC(=O)NCC(C)(C)NS(C)(=O)=O. The molecule has 16 heavy (non-hydrogen) atoms. The van der Waals surface area contributed by atoms with Crippen molar-refractivity contribution in [1.29, 1.82) is 0 Å². The van der Waals surface area contributed by atoms with Gasteiger partial charge in [0.05, 0.1) is 6.26 Å². The van der Waals surface area contributed by atoms with Crippen LogP contribution in [0.15, 0.2) is 0 Å². The Morgan fingerprint density at radius 1 is 1.25 bits per heavy atom. The van der Waals surface area contributed by atoms with Crippen LogP contribution in [0.3, 0.4) is 0 Å². The summed E-state index contributed by atoms with van der Waals surface area (Å²) in [6.45, 7) is 6.19. The smallest absolute Gasteiger partial charge is 0.314 e. The van der Waals surface area contributed by atoms with E-state index in [2.05, 4.69) is 15.4 Å². The minimum absolute atomic E-state index is 0.232. The lowest BCUT2D eigenvalue weighted by atomic mass is 10.1. The van der Waals surface area contributed by atoms with Gasteiger partial charge in [-0.1, -0.05) is 6.92 Å². The van der Waals surface area contributed by atoms with Gasteiger partial charge in [0.1, 0.15) is 0 Å². The Morgan fingerprint density at radius 2 is 1.81 bits per heavy atom. The van der Waals surface area contributed by atoms with Crippen LogP contribution in [0.4, 0.5) is 4.79 Å². The summed E-state index contributed by atoms with van der Waals surface area (Å²) in [7, 11) is -3.27. The summed E-state index contributed by atoms with van der Waals surface area (Å²) in [6.07, 6.45) is 1.95. The molecule has 0 saturated heterocycles. The van der Waals surface area contributed by atoms with Crippen molar-refractivity contribution < 1.29 is 13.2 Å². The summed E-state index contributed by atoms with van der Waals surface area (Å²) in [5.41, 5.74) is -0.697. The molecule has 0 fully saturated rings. The first-order chi connectivity index (χ1) is 7.16. The molecule has 2 amide bonds. The summed E-state index contributed by atoms with van der Waals surface area (Å²) in [5.74, 6) is 0. The number of urea groups is 1. The van der Waals surface area contributed by atoms with Crippen LogP contribution in [0.5, 0.6) is 0 Å². The predicted molar refractivity (Wildman–Crippen MR) is 63.8 cm³/mol. The van der Waals surface area contributed by atoms with E-state index in [-0.39, 0.29) is 12.6 Å². The maximum absolute atomic E-state index is 11.2. The summed E-state index contributed by atoms with van der Waals surface area (Å²) in [6, 6.07) is -0.287. The van der Waals surface area contributed by atoms with Crippen LogP contribution in [-0.4, -0.2) is 39.3 Å². The number of nitrogens with one attached hydrogen (secondary N) is 3. The average Bonchev–Trinajstić information content (AvgIpc) is 2.07. The van der Waals surface area contributed by atoms with Gasteiger partial charge in [-0.05, 0) is 20.3 Å². The Morgan fingerprint density at radius 3 is 2.25 bits per heavy atom. The number of hydrogen-bond donors (Lipinski definition) is 3. The van der Waals surface area contributed by atoms with Gasteiger partial charge < -0.3 is 10.6 Å². The Kier molecular flexibility index (Phi) is 5.74. The molecule has 0 bridgehead atoms. The van der Waals surface area contributed by atoms with Crippen LogP contribution >= 0.6 is 0 Å². The molecule has 0 aromatic heterocycles. The summed E-state index contributed by atoms with van der Waals surface area (Å²) in [5, 5.41) is 5.24. The van der Waals surface area contributed by atoms with Crippen LogP contribution in [-0.2, 0) is 10.0 Å². The lowest BCUT2D eigenvalue weighted by Crippen LogP contribution is -2.52. The highest BCUT2D eigenvalue weighted by Crippen LogP contribution is 2.01. The molecule has 0 aromatic carbocycles. The van der Waals surface area contributed by atoms with Crippen LogP contribution in [0.25, 0.3) is 0 Å². The van der Waals surface area contributed by atoms with Crippen molar-refractivity contribution in [2.24, 2.45) is 0 Å². The second-order valence-electron chi connectivity index (χ2n) is 4.37. The molecule has 7 heteroatoms. The van der Waals surface area contributed by atoms with E-state index in [0.717, 1.165) is 12.7 Å². The van der Waals surface area contributed by atoms with E-state index in [0.29, 0.717) is 6.54 Å². The maximum atomic E-state index is 11.2. The number of sulfonamides is 1. The highest BCUT2D eigenvalue weighted by atomic mass is 32.2. The molecule has 0 rings (SSSR count). The molecule has 0 saturated carbocycles. The number of carbonyl (C=O) groups excluding carboxylic acids is 1. The molecule has 0 spiro atoms. The molecular formula is C9H21N3O3S. The molecule has 0 atom stereocenters. The minimum Gasteiger partial charge on any atom is -0.338 e. The molecule has 96 valence electrons. The fraction of sp³-hybridized carbons (Fsp3) is 0.889. The van der Waals surface area contributed by atoms with Crippen molar-refractivity contribution in [3.05, 3.63) is 0 Å². The normalized spacial score (nSPS) is 12.2. The fourth-order valence-electron chi connectivity index (χ4n) is 1.14. The first-order valence-corrected chi connectivity index (χ1v) is 7.06. The van der Waals surface area contributed by atoms with Crippen molar-refractivity contribution in [2.75, 3.05) is 19.3 Å². The topological polar surface area (TPSA) is 87.3 Å². The summed E-state index contributed by atoms with van der Waals surface area (Å²) in [4.78, 5) is 11.2. The third-order valence-corrected chi connectivity index (χ3v) is 2.61. The molecule has 0 unspecified atom stereocenters. The molecule has 0 aliphatic rings. The first-order valence-electron chi connectivity index (χ1n) is 5.17. The van der Waals surface area contributed by atoms with E-state index in [1.807, 2.05) is 6.92 Å². The molecule has 0 heterocycles. The molecule has 3 N–H and O–H groups in total. The first kappa shape index (κ1) is 15.2. The minimum atomic E-state index is -3.27. The highest BCUT2D eigenvalue weighted by molar-refractivity contribution is 7.88. The quantitative estimate of drug-likeness (QED) is 0.622. The average molecular weight is 251 g/mol. The summed E-state index contributed by atoms with van der Waals surface area (Å²) >= 11 is 0. The van der Waals surface area contributed by atoms with Crippen LogP contribution < -0.4 is 15.4 Å². The van der Waals surface area contributed by atoms with Gasteiger partial charge in [0.15, 0.2) is 0 Å². The van der Waals surface area contributed by atoms with Crippen LogP contribution in [0.1, 0.15) is 27.2 Å². The molecular weight excluding hydrogens is 230 g/mol. The van der Waals surface area contributed by atoms with Crippen LogP contribution in [0, 0.1) is 0 Å². The van der Waals surface area contributed by atoms with Gasteiger partial charge in [-0.2, -0.15) is 0 Å². The van der Waals surface area contributed by atoms with E-state index in [1.165, 1.54) is 0 Å². The fourth-order valence-corrected chi connectivity index (χ4v) is 2.22. The van der Waals surface area contributed by atoms with Crippen molar-refractivity contribution in [1.82, 2.24) is 15.4 Å². The maximum Gasteiger partial charge on any atom is 0.314 e. The predicted octanol–water partition coefficient (Wildman–Crippen LogP) is 0.0234. The number of hydrogen-bond acceptors (Lipinski definition) is 3. The molecule has 0 aliphatic carbocycles. The van der Waals surface area contributed by atoms with Gasteiger partial charge in [0.25, 0.3) is 0 Å². The summed E-state index contributed by atoms with van der Waals surface area (Å²) < 4.78 is 24.5. The van der Waals surface area contributed by atoms with E-state index >= 15 is 0 Å². The van der Waals surface area contributed by atoms with Crippen molar-refractivity contribution in [3.8, 4) is 0 Å². The van der Waals surface area contributed by atoms with E-state index < -0.39 is 15.6 Å². The zero-order valence-corrected chi connectivity index (χ0v) is 11.1. The highest BCUT2D eigenvalue weighted by Gasteiger charge is 2.22. The van der Waals surface area contributed by atoms with E-state index in [1.54, 1.807) is 13.8 Å². The van der Waals surface area contributed by atoms with Gasteiger partial charge >= 0.3 is 6.03 Å². The van der Waals surface area contributed by atoms with Gasteiger partial charge in [-0.3, -0.25) is 0 Å². The Bertz CT molecular complexity index is 325. The molecule has 6 nitrogen and oxygen atoms in total. The largest absolute Gasteiger partial charge is 0.338 e. The molecule has 0 aromatic rings. The van der Waals surface area contributed by atoms with E-state index in [4.69, 9.17) is 0 Å². The van der Waals surface area contributed by atoms with Crippen molar-refractivity contribution >= 4 is 16.1 Å². The Balaban J connectivity index is 4.04. The molecule has 0 radical (unpaired) electrons. The Hall–Kier alpha value is -0.820. The van der Waals surface area contributed by atoms with Gasteiger partial charge in [0.2, 0.25) is 10.0 Å². The van der Waals surface area contributed by atoms with Gasteiger partial charge in [-0.15, -0.1) is 0 Å². The third-order valence-electron chi connectivity index (χ3n) is 1.69. The standard InChI is InChI=1S/C9H21N3O3S/c1-5-6-10-8(13)11-7-9(2,3)12-16(4,14)15/h12H,5-7H2,1-4H3,(H2,10,11,13). The zero-order chi connectivity index (χ0) is 12.8. The monoisotopic (exact) mass is 251 g/mol. The number of carbonyl (C=O) groups is 1. The second-order valence-corrected chi connectivity index (χ2v) is 6.12.